The molecule has 0 aliphatic heterocycles. The summed E-state index contributed by atoms with van der Waals surface area (Å²) in [5, 5.41) is 0. The molecule has 0 saturated carbocycles. The minimum Gasteiger partial charge on any atom is -0.341 e. The number of amides is 1. The Balaban J connectivity index is 1.97. The normalized spacial score (nSPS) is 11.3. The number of nitrogens with zero attached hydrogens (tertiary/aromatic N) is 2. The molecule has 0 spiro atoms. The van der Waals surface area contributed by atoms with Gasteiger partial charge in [0.2, 0.25) is 15.9 Å². The van der Waals surface area contributed by atoms with E-state index in [4.69, 9.17) is 0 Å². The lowest BCUT2D eigenvalue weighted by atomic mass is 10.1. The molecule has 28 heavy (non-hydrogen) atoms. The summed E-state index contributed by atoms with van der Waals surface area (Å²) in [6.45, 7) is 6.75. The van der Waals surface area contributed by atoms with Crippen LogP contribution in [0.5, 0.6) is 0 Å². The quantitative estimate of drug-likeness (QED) is 0.674. The van der Waals surface area contributed by atoms with E-state index in [0.29, 0.717) is 25.1 Å². The summed E-state index contributed by atoms with van der Waals surface area (Å²) < 4.78 is 25.9. The molecule has 6 heteroatoms. The number of hydrogen-bond donors (Lipinski definition) is 0. The van der Waals surface area contributed by atoms with Crippen molar-refractivity contribution in [3.63, 3.8) is 0 Å². The number of rotatable bonds is 8. The number of carbonyl (C=O) groups excluding carboxylic acids is 1. The van der Waals surface area contributed by atoms with Gasteiger partial charge in [0.25, 0.3) is 0 Å². The third kappa shape index (κ3) is 6.37. The van der Waals surface area contributed by atoms with Gasteiger partial charge in [0.05, 0.1) is 11.9 Å². The topological polar surface area (TPSA) is 57.7 Å². The molecule has 0 saturated heterocycles. The number of sulfonamides is 1. The predicted octanol–water partition coefficient (Wildman–Crippen LogP) is 3.82. The summed E-state index contributed by atoms with van der Waals surface area (Å²) in [6.07, 6.45) is 1.98. The van der Waals surface area contributed by atoms with Gasteiger partial charge in [-0.2, -0.15) is 0 Å². The molecule has 0 bridgehead atoms. The second-order valence-corrected chi connectivity index (χ2v) is 9.43. The lowest BCUT2D eigenvalue weighted by Crippen LogP contribution is -2.32. The van der Waals surface area contributed by atoms with E-state index < -0.39 is 10.0 Å². The predicted molar refractivity (Wildman–Crippen MR) is 115 cm³/mol. The van der Waals surface area contributed by atoms with E-state index in [1.807, 2.05) is 63.2 Å². The van der Waals surface area contributed by atoms with E-state index in [1.165, 1.54) is 16.1 Å². The van der Waals surface area contributed by atoms with E-state index in [0.717, 1.165) is 16.7 Å². The minimum atomic E-state index is -3.41. The van der Waals surface area contributed by atoms with Crippen molar-refractivity contribution in [2.45, 2.75) is 40.2 Å². The Morgan fingerprint density at radius 1 is 0.929 bits per heavy atom. The molecule has 152 valence electrons. The molecule has 0 heterocycles. The Bertz CT molecular complexity index is 901. The zero-order chi connectivity index (χ0) is 20.9. The van der Waals surface area contributed by atoms with Gasteiger partial charge in [0, 0.05) is 26.6 Å². The molecule has 1 amide bonds. The van der Waals surface area contributed by atoms with Crippen LogP contribution in [-0.4, -0.2) is 39.1 Å². The van der Waals surface area contributed by atoms with Crippen LogP contribution in [-0.2, 0) is 21.4 Å². The van der Waals surface area contributed by atoms with Crippen LogP contribution in [0.4, 0.5) is 5.69 Å². The summed E-state index contributed by atoms with van der Waals surface area (Å²) in [5.74, 6) is 0.00875. The van der Waals surface area contributed by atoms with Gasteiger partial charge in [-0.05, 0) is 56.0 Å². The van der Waals surface area contributed by atoms with Crippen molar-refractivity contribution in [1.82, 2.24) is 4.90 Å². The molecule has 0 unspecified atom stereocenters. The molecule has 5 nitrogen and oxygen atoms in total. The highest BCUT2D eigenvalue weighted by molar-refractivity contribution is 7.92. The Labute approximate surface area is 169 Å². The van der Waals surface area contributed by atoms with E-state index in [2.05, 4.69) is 0 Å². The largest absolute Gasteiger partial charge is 0.341 e. The average Bonchev–Trinajstić information content (AvgIpc) is 2.58. The first-order valence-electron chi connectivity index (χ1n) is 9.42. The monoisotopic (exact) mass is 402 g/mol. The first-order valence-corrected chi connectivity index (χ1v) is 11.3. The molecule has 0 aromatic heterocycles. The highest BCUT2D eigenvalue weighted by Gasteiger charge is 2.19. The highest BCUT2D eigenvalue weighted by atomic mass is 32.2. The Kier molecular flexibility index (Phi) is 7.24. The number of hydrogen-bond acceptors (Lipinski definition) is 3. The molecule has 0 fully saturated rings. The van der Waals surface area contributed by atoms with Gasteiger partial charge in [-0.25, -0.2) is 8.42 Å². The average molecular weight is 403 g/mol. The van der Waals surface area contributed by atoms with Crippen molar-refractivity contribution in [2.24, 2.45) is 0 Å². The van der Waals surface area contributed by atoms with Crippen LogP contribution >= 0.6 is 0 Å². The van der Waals surface area contributed by atoms with Crippen LogP contribution < -0.4 is 4.31 Å². The van der Waals surface area contributed by atoms with E-state index in [1.54, 1.807) is 11.9 Å². The molecule has 2 aromatic rings. The first-order chi connectivity index (χ1) is 13.1. The molecule has 0 atom stereocenters. The lowest BCUT2D eigenvalue weighted by molar-refractivity contribution is -0.130. The van der Waals surface area contributed by atoms with E-state index >= 15 is 0 Å². The summed E-state index contributed by atoms with van der Waals surface area (Å²) >= 11 is 0. The standard InChI is InChI=1S/C22H30N2O3S/c1-17-8-10-20(11-9-17)16-23(4)22(25)7-6-12-24(28(5,26)27)21-14-18(2)13-19(3)15-21/h8-11,13-15H,6-7,12,16H2,1-5H3. The van der Waals surface area contributed by atoms with Gasteiger partial charge in [-0.15, -0.1) is 0 Å². The van der Waals surface area contributed by atoms with Crippen LogP contribution in [0.3, 0.4) is 0 Å². The molecule has 0 aliphatic carbocycles. The van der Waals surface area contributed by atoms with Gasteiger partial charge >= 0.3 is 0 Å². The fourth-order valence-corrected chi connectivity index (χ4v) is 4.15. The van der Waals surface area contributed by atoms with Crippen molar-refractivity contribution >= 4 is 21.6 Å². The molecule has 0 N–H and O–H groups in total. The fourth-order valence-electron chi connectivity index (χ4n) is 3.20. The van der Waals surface area contributed by atoms with Crippen molar-refractivity contribution < 1.29 is 13.2 Å². The van der Waals surface area contributed by atoms with Crippen LogP contribution in [0.25, 0.3) is 0 Å². The number of anilines is 1. The minimum absolute atomic E-state index is 0.00875. The number of benzene rings is 2. The number of carbonyl (C=O) groups is 1. The summed E-state index contributed by atoms with van der Waals surface area (Å²) in [7, 11) is -1.64. The van der Waals surface area contributed by atoms with Gasteiger partial charge in [0.15, 0.2) is 0 Å². The second-order valence-electron chi connectivity index (χ2n) is 7.52. The van der Waals surface area contributed by atoms with E-state index in [-0.39, 0.29) is 12.5 Å². The van der Waals surface area contributed by atoms with Crippen LogP contribution in [0.1, 0.15) is 35.1 Å². The summed E-state index contributed by atoms with van der Waals surface area (Å²) in [5.41, 5.74) is 4.94. The SMILES string of the molecule is Cc1ccc(CN(C)C(=O)CCCN(c2cc(C)cc(C)c2)S(C)(=O)=O)cc1. The summed E-state index contributed by atoms with van der Waals surface area (Å²) in [6, 6.07) is 13.8. The van der Waals surface area contributed by atoms with Gasteiger partial charge < -0.3 is 4.90 Å². The molecular formula is C22H30N2O3S. The van der Waals surface area contributed by atoms with Gasteiger partial charge in [0.1, 0.15) is 0 Å². The molecular weight excluding hydrogens is 372 g/mol. The molecule has 2 aromatic carbocycles. The number of aryl methyl sites for hydroxylation is 3. The highest BCUT2D eigenvalue weighted by Crippen LogP contribution is 2.22. The van der Waals surface area contributed by atoms with Crippen molar-refractivity contribution in [1.29, 1.82) is 0 Å². The third-order valence-electron chi connectivity index (χ3n) is 4.61. The zero-order valence-corrected chi connectivity index (χ0v) is 18.2. The van der Waals surface area contributed by atoms with Crippen molar-refractivity contribution in [3.05, 3.63) is 64.7 Å². The molecule has 0 radical (unpaired) electrons. The Morgan fingerprint density at radius 2 is 1.50 bits per heavy atom. The first kappa shape index (κ1) is 22.0. The Hall–Kier alpha value is -2.34. The Morgan fingerprint density at radius 3 is 2.04 bits per heavy atom. The van der Waals surface area contributed by atoms with Gasteiger partial charge in [-0.1, -0.05) is 35.9 Å². The van der Waals surface area contributed by atoms with E-state index in [9.17, 15) is 13.2 Å². The maximum absolute atomic E-state index is 12.4. The smallest absolute Gasteiger partial charge is 0.232 e. The maximum atomic E-state index is 12.4. The van der Waals surface area contributed by atoms with Crippen molar-refractivity contribution in [3.8, 4) is 0 Å². The lowest BCUT2D eigenvalue weighted by Gasteiger charge is -2.24. The van der Waals surface area contributed by atoms with Crippen LogP contribution in [0.15, 0.2) is 42.5 Å². The molecule has 0 aliphatic rings. The molecule has 2 rings (SSSR count). The van der Waals surface area contributed by atoms with Gasteiger partial charge in [-0.3, -0.25) is 9.10 Å². The van der Waals surface area contributed by atoms with Crippen molar-refractivity contribution in [2.75, 3.05) is 24.2 Å². The van der Waals surface area contributed by atoms with Crippen LogP contribution in [0, 0.1) is 20.8 Å². The summed E-state index contributed by atoms with van der Waals surface area (Å²) in [4.78, 5) is 14.1. The van der Waals surface area contributed by atoms with Crippen LogP contribution in [0.2, 0.25) is 0 Å². The third-order valence-corrected chi connectivity index (χ3v) is 5.81. The fraction of sp³-hybridized carbons (Fsp3) is 0.409. The maximum Gasteiger partial charge on any atom is 0.232 e. The zero-order valence-electron chi connectivity index (χ0n) is 17.4. The second kappa shape index (κ2) is 9.24.